The number of ether oxygens (including phenoxy) is 2. The van der Waals surface area contributed by atoms with Crippen molar-refractivity contribution < 1.29 is 23.5 Å². The summed E-state index contributed by atoms with van der Waals surface area (Å²) in [7, 11) is 0. The van der Waals surface area contributed by atoms with E-state index in [1.165, 1.54) is 0 Å². The largest absolute Gasteiger partial charge is 0.485 e. The van der Waals surface area contributed by atoms with Crippen molar-refractivity contribution in [1.29, 1.82) is 0 Å². The molecule has 0 fully saturated rings. The highest BCUT2D eigenvalue weighted by Gasteiger charge is 2.15. The van der Waals surface area contributed by atoms with Crippen LogP contribution in [-0.2, 0) is 16.0 Å². The Labute approximate surface area is 203 Å². The molecular weight excluding hydrogens is 444 g/mol. The Morgan fingerprint density at radius 3 is 2.34 bits per heavy atom. The molecule has 6 heteroatoms. The highest BCUT2D eigenvalue weighted by Crippen LogP contribution is 2.25. The summed E-state index contributed by atoms with van der Waals surface area (Å²) in [5.41, 5.74) is 3.74. The molecule has 0 bridgehead atoms. The topological polar surface area (TPSA) is 82.8 Å². The molecule has 0 aliphatic carbocycles. The third kappa shape index (κ3) is 5.66. The van der Waals surface area contributed by atoms with Gasteiger partial charge in [-0.05, 0) is 49.1 Å². The van der Waals surface area contributed by atoms with Gasteiger partial charge in [0.05, 0.1) is 6.61 Å². The van der Waals surface area contributed by atoms with Crippen LogP contribution in [0.15, 0.2) is 82.0 Å². The van der Waals surface area contributed by atoms with Gasteiger partial charge >= 0.3 is 11.6 Å². The van der Waals surface area contributed by atoms with E-state index < -0.39 is 5.63 Å². The summed E-state index contributed by atoms with van der Waals surface area (Å²) in [6, 6.07) is 22.5. The number of aryl methyl sites for hydroxylation is 1. The number of carbonyl (C=O) groups excluding carboxylic acids is 2. The normalized spacial score (nSPS) is 10.8. The standard InChI is InChI=1S/C29H26O6/c1-3-33-28(31)16-15-25-19(2)24-14-13-23(17-27(24)35-29(25)32)34-18-26(30)22-11-9-21(10-12-22)20-7-5-4-6-8-20/h4-14,17H,3,15-16,18H2,1-2H3. The van der Waals surface area contributed by atoms with Crippen LogP contribution in [-0.4, -0.2) is 25.0 Å². The van der Waals surface area contributed by atoms with Crippen molar-refractivity contribution in [2.75, 3.05) is 13.2 Å². The third-order valence-corrected chi connectivity index (χ3v) is 5.83. The lowest BCUT2D eigenvalue weighted by molar-refractivity contribution is -0.143. The number of hydrogen-bond donors (Lipinski definition) is 0. The number of rotatable bonds is 9. The van der Waals surface area contributed by atoms with E-state index in [1.54, 1.807) is 37.3 Å². The lowest BCUT2D eigenvalue weighted by atomic mass is 10.0. The molecule has 0 aliphatic rings. The first-order chi connectivity index (χ1) is 17.0. The van der Waals surface area contributed by atoms with E-state index in [0.717, 1.165) is 22.1 Å². The minimum atomic E-state index is -0.494. The second-order valence-electron chi connectivity index (χ2n) is 8.11. The molecule has 0 radical (unpaired) electrons. The Kier molecular flexibility index (Phi) is 7.41. The van der Waals surface area contributed by atoms with Gasteiger partial charge in [0, 0.05) is 29.0 Å². The van der Waals surface area contributed by atoms with Crippen LogP contribution in [0, 0.1) is 6.92 Å². The van der Waals surface area contributed by atoms with E-state index in [-0.39, 0.29) is 31.2 Å². The van der Waals surface area contributed by atoms with Crippen molar-refractivity contribution in [3.05, 3.63) is 99.9 Å². The van der Waals surface area contributed by atoms with Gasteiger partial charge < -0.3 is 13.9 Å². The maximum atomic E-state index is 12.6. The van der Waals surface area contributed by atoms with Crippen molar-refractivity contribution in [2.24, 2.45) is 0 Å². The molecule has 1 aromatic heterocycles. The molecule has 3 aromatic carbocycles. The minimum absolute atomic E-state index is 0.112. The van der Waals surface area contributed by atoms with Crippen LogP contribution in [0.2, 0.25) is 0 Å². The molecule has 0 aliphatic heterocycles. The van der Waals surface area contributed by atoms with Crippen molar-refractivity contribution >= 4 is 22.7 Å². The van der Waals surface area contributed by atoms with Crippen molar-refractivity contribution in [1.82, 2.24) is 0 Å². The van der Waals surface area contributed by atoms with Crippen LogP contribution in [0.3, 0.4) is 0 Å². The second-order valence-corrected chi connectivity index (χ2v) is 8.11. The number of carbonyl (C=O) groups is 2. The number of Topliss-reactive ketones (excluding diaryl/α,β-unsaturated/α-hetero) is 1. The molecule has 4 aromatic rings. The number of esters is 1. The molecule has 0 spiro atoms. The molecule has 0 unspecified atom stereocenters. The summed E-state index contributed by atoms with van der Waals surface area (Å²) in [6.45, 7) is 3.72. The predicted octanol–water partition coefficient (Wildman–Crippen LogP) is 5.53. The zero-order chi connectivity index (χ0) is 24.8. The quantitative estimate of drug-likeness (QED) is 0.182. The number of fused-ring (bicyclic) bond motifs is 1. The maximum absolute atomic E-state index is 12.6. The van der Waals surface area contributed by atoms with Gasteiger partial charge in [0.15, 0.2) is 12.4 Å². The first-order valence-electron chi connectivity index (χ1n) is 11.5. The molecule has 0 amide bonds. The lowest BCUT2D eigenvalue weighted by Crippen LogP contribution is -2.14. The van der Waals surface area contributed by atoms with E-state index >= 15 is 0 Å². The molecular formula is C29H26O6. The summed E-state index contributed by atoms with van der Waals surface area (Å²) in [6.07, 6.45) is 0.360. The fraction of sp³-hybridized carbons (Fsp3) is 0.207. The van der Waals surface area contributed by atoms with Gasteiger partial charge in [0.1, 0.15) is 11.3 Å². The summed E-state index contributed by atoms with van der Waals surface area (Å²) < 4.78 is 16.1. The van der Waals surface area contributed by atoms with E-state index in [1.807, 2.05) is 49.4 Å². The maximum Gasteiger partial charge on any atom is 0.339 e. The Hall–Kier alpha value is -4.19. The molecule has 0 N–H and O–H groups in total. The number of benzene rings is 3. The van der Waals surface area contributed by atoms with Crippen LogP contribution in [0.25, 0.3) is 22.1 Å². The predicted molar refractivity (Wildman–Crippen MR) is 134 cm³/mol. The molecule has 6 nitrogen and oxygen atoms in total. The highest BCUT2D eigenvalue weighted by molar-refractivity contribution is 5.97. The van der Waals surface area contributed by atoms with E-state index in [0.29, 0.717) is 29.1 Å². The molecule has 0 atom stereocenters. The third-order valence-electron chi connectivity index (χ3n) is 5.83. The lowest BCUT2D eigenvalue weighted by Gasteiger charge is -2.10. The Morgan fingerprint density at radius 2 is 1.63 bits per heavy atom. The zero-order valence-corrected chi connectivity index (χ0v) is 19.7. The molecule has 35 heavy (non-hydrogen) atoms. The fourth-order valence-corrected chi connectivity index (χ4v) is 3.92. The van der Waals surface area contributed by atoms with Crippen LogP contribution in [0.4, 0.5) is 0 Å². The first kappa shape index (κ1) is 24.0. The van der Waals surface area contributed by atoms with E-state index in [9.17, 15) is 14.4 Å². The summed E-state index contributed by atoms with van der Waals surface area (Å²) in [4.78, 5) is 36.8. The van der Waals surface area contributed by atoms with Crippen molar-refractivity contribution in [2.45, 2.75) is 26.7 Å². The summed E-state index contributed by atoms with van der Waals surface area (Å²) in [5, 5.41) is 0.749. The molecule has 178 valence electrons. The van der Waals surface area contributed by atoms with Crippen molar-refractivity contribution in [3.8, 4) is 16.9 Å². The van der Waals surface area contributed by atoms with E-state index in [2.05, 4.69) is 0 Å². The molecule has 0 saturated carbocycles. The summed E-state index contributed by atoms with van der Waals surface area (Å²) >= 11 is 0. The van der Waals surface area contributed by atoms with Crippen LogP contribution < -0.4 is 10.4 Å². The van der Waals surface area contributed by atoms with Crippen LogP contribution in [0.1, 0.15) is 34.8 Å². The Balaban J connectivity index is 1.44. The first-order valence-corrected chi connectivity index (χ1v) is 11.5. The van der Waals surface area contributed by atoms with Gasteiger partial charge in [-0.25, -0.2) is 4.79 Å². The molecule has 4 rings (SSSR count). The molecule has 0 saturated heterocycles. The summed E-state index contributed by atoms with van der Waals surface area (Å²) in [5.74, 6) is -0.0836. The van der Waals surface area contributed by atoms with Gasteiger partial charge in [0.2, 0.25) is 0 Å². The smallest absolute Gasteiger partial charge is 0.339 e. The average molecular weight is 471 g/mol. The number of hydrogen-bond acceptors (Lipinski definition) is 6. The second kappa shape index (κ2) is 10.8. The van der Waals surface area contributed by atoms with E-state index in [4.69, 9.17) is 13.9 Å². The van der Waals surface area contributed by atoms with Crippen LogP contribution in [0.5, 0.6) is 5.75 Å². The minimum Gasteiger partial charge on any atom is -0.485 e. The zero-order valence-electron chi connectivity index (χ0n) is 19.7. The van der Waals surface area contributed by atoms with Gasteiger partial charge in [-0.15, -0.1) is 0 Å². The SMILES string of the molecule is CCOC(=O)CCc1c(C)c2ccc(OCC(=O)c3ccc(-c4ccccc4)cc3)cc2oc1=O. The van der Waals surface area contributed by atoms with Gasteiger partial charge in [-0.2, -0.15) is 0 Å². The van der Waals surface area contributed by atoms with Gasteiger partial charge in [-0.1, -0.05) is 54.6 Å². The fourth-order valence-electron chi connectivity index (χ4n) is 3.92. The average Bonchev–Trinajstić information content (AvgIpc) is 2.87. The Morgan fingerprint density at radius 1 is 0.914 bits per heavy atom. The number of ketones is 1. The molecule has 1 heterocycles. The van der Waals surface area contributed by atoms with Gasteiger partial charge in [-0.3, -0.25) is 9.59 Å². The Bertz CT molecular complexity index is 1400. The monoisotopic (exact) mass is 470 g/mol. The van der Waals surface area contributed by atoms with Crippen LogP contribution >= 0.6 is 0 Å². The van der Waals surface area contributed by atoms with Gasteiger partial charge in [0.25, 0.3) is 0 Å². The highest BCUT2D eigenvalue weighted by atomic mass is 16.5. The van der Waals surface area contributed by atoms with Crippen molar-refractivity contribution in [3.63, 3.8) is 0 Å².